The molecule has 0 bridgehead atoms. The van der Waals surface area contributed by atoms with Crippen LogP contribution >= 0.6 is 23.2 Å². The lowest BCUT2D eigenvalue weighted by Crippen LogP contribution is -2.31. The molecule has 0 aliphatic carbocycles. The van der Waals surface area contributed by atoms with Gasteiger partial charge in [0.25, 0.3) is 5.56 Å². The Morgan fingerprint density at radius 2 is 1.71 bits per heavy atom. The van der Waals surface area contributed by atoms with Crippen molar-refractivity contribution in [1.82, 2.24) is 19.1 Å². The Morgan fingerprint density at radius 1 is 0.941 bits per heavy atom. The third-order valence-corrected chi connectivity index (χ3v) is 6.38. The highest BCUT2D eigenvalue weighted by Crippen LogP contribution is 2.36. The number of aryl methyl sites for hydroxylation is 1. The summed E-state index contributed by atoms with van der Waals surface area (Å²) in [5.74, 6) is 1.43. The molecule has 0 saturated carbocycles. The average Bonchev–Trinajstić information content (AvgIpc) is 3.45. The van der Waals surface area contributed by atoms with Gasteiger partial charge in [0.2, 0.25) is 0 Å². The number of halogens is 2. The topological polar surface area (TPSA) is 85.8 Å². The molecule has 9 heteroatoms. The van der Waals surface area contributed by atoms with Gasteiger partial charge in [0, 0.05) is 12.1 Å². The quantitative estimate of drug-likeness (QED) is 0.333. The highest BCUT2D eigenvalue weighted by molar-refractivity contribution is 6.43. The molecule has 0 amide bonds. The van der Waals surface area contributed by atoms with Crippen molar-refractivity contribution in [3.8, 4) is 22.9 Å². The number of nitrogens with one attached hydrogen (secondary N) is 1. The summed E-state index contributed by atoms with van der Waals surface area (Å²) in [6.45, 7) is 2.80. The number of hydrogen-bond donors (Lipinski definition) is 1. The largest absolute Gasteiger partial charge is 0.453 e. The second-order valence-corrected chi connectivity index (χ2v) is 8.64. The minimum absolute atomic E-state index is 0.275. The zero-order chi connectivity index (χ0) is 23.8. The first-order chi connectivity index (χ1) is 16.5. The molecule has 34 heavy (non-hydrogen) atoms. The van der Waals surface area contributed by atoms with Crippen LogP contribution in [0.2, 0.25) is 10.0 Å². The van der Waals surface area contributed by atoms with Crippen LogP contribution in [0, 0.1) is 0 Å². The molecule has 0 fully saturated rings. The molecule has 0 radical (unpaired) electrons. The zero-order valence-corrected chi connectivity index (χ0v) is 19.7. The number of furan rings is 1. The van der Waals surface area contributed by atoms with E-state index in [1.807, 2.05) is 43.3 Å². The highest BCUT2D eigenvalue weighted by atomic mass is 35.5. The van der Waals surface area contributed by atoms with Gasteiger partial charge in [-0.15, -0.1) is 0 Å². The molecule has 0 unspecified atom stereocenters. The van der Waals surface area contributed by atoms with Gasteiger partial charge in [-0.3, -0.25) is 14.3 Å². The molecular weight excluding hydrogens is 475 g/mol. The van der Waals surface area contributed by atoms with Crippen LogP contribution in [0.15, 0.2) is 74.7 Å². The predicted octanol–water partition coefficient (Wildman–Crippen LogP) is 5.58. The van der Waals surface area contributed by atoms with Crippen molar-refractivity contribution in [1.29, 1.82) is 0 Å². The summed E-state index contributed by atoms with van der Waals surface area (Å²) in [6.07, 6.45) is 0.753. The summed E-state index contributed by atoms with van der Waals surface area (Å²) in [4.78, 5) is 32.8. The first-order valence-electron chi connectivity index (χ1n) is 10.8. The Hall–Kier alpha value is -3.55. The van der Waals surface area contributed by atoms with Crippen LogP contribution < -0.4 is 11.2 Å². The number of aromatic amines is 1. The summed E-state index contributed by atoms with van der Waals surface area (Å²) < 4.78 is 9.37. The maximum atomic E-state index is 12.9. The molecule has 0 aliphatic rings. The maximum Gasteiger partial charge on any atom is 0.330 e. The van der Waals surface area contributed by atoms with Crippen LogP contribution in [-0.2, 0) is 13.1 Å². The number of aromatic nitrogens is 4. The van der Waals surface area contributed by atoms with Gasteiger partial charge in [-0.1, -0.05) is 66.5 Å². The van der Waals surface area contributed by atoms with E-state index in [0.29, 0.717) is 50.7 Å². The first-order valence-corrected chi connectivity index (χ1v) is 11.6. The normalized spacial score (nSPS) is 11.4. The third-order valence-electron chi connectivity index (χ3n) is 5.56. The van der Waals surface area contributed by atoms with E-state index in [9.17, 15) is 9.59 Å². The van der Waals surface area contributed by atoms with Gasteiger partial charge in [0.1, 0.15) is 5.76 Å². The number of benzene rings is 2. The second kappa shape index (κ2) is 9.00. The zero-order valence-electron chi connectivity index (χ0n) is 18.2. The minimum Gasteiger partial charge on any atom is -0.453 e. The monoisotopic (exact) mass is 494 g/mol. The van der Waals surface area contributed by atoms with E-state index >= 15 is 0 Å². The molecular formula is C25H20Cl2N4O3. The van der Waals surface area contributed by atoms with E-state index in [0.717, 1.165) is 12.0 Å². The number of fused-ring (bicyclic) bond motifs is 1. The molecule has 0 spiro atoms. The number of rotatable bonds is 6. The molecule has 172 valence electrons. The molecule has 5 rings (SSSR count). The van der Waals surface area contributed by atoms with Gasteiger partial charge in [0.15, 0.2) is 22.7 Å². The van der Waals surface area contributed by atoms with Crippen LogP contribution in [0.5, 0.6) is 0 Å². The van der Waals surface area contributed by atoms with Crippen LogP contribution in [0.3, 0.4) is 0 Å². The second-order valence-electron chi connectivity index (χ2n) is 7.86. The smallest absolute Gasteiger partial charge is 0.330 e. The van der Waals surface area contributed by atoms with E-state index in [1.54, 1.807) is 28.8 Å². The molecule has 0 atom stereocenters. The van der Waals surface area contributed by atoms with Crippen LogP contribution in [-0.4, -0.2) is 19.1 Å². The van der Waals surface area contributed by atoms with Gasteiger partial charge < -0.3 is 8.98 Å². The lowest BCUT2D eigenvalue weighted by atomic mass is 10.2. The van der Waals surface area contributed by atoms with Gasteiger partial charge >= 0.3 is 5.69 Å². The standard InChI is InChI=1S/C25H20Cl2N4O3/c1-2-13-30-21-23(31(25(33)29-24(21)32)14-15-7-4-3-5-8-15)28-22(30)19-12-11-18(34-19)16-9-6-10-17(26)20(16)27/h3-12H,2,13-14H2,1H3,(H,29,32,33). The molecule has 0 aliphatic heterocycles. The molecule has 1 N–H and O–H groups in total. The van der Waals surface area contributed by atoms with Crippen molar-refractivity contribution in [2.75, 3.05) is 0 Å². The number of H-pyrrole nitrogens is 1. The Kier molecular flexibility index (Phi) is 5.89. The first kappa shape index (κ1) is 22.3. The average molecular weight is 495 g/mol. The fourth-order valence-corrected chi connectivity index (χ4v) is 4.41. The minimum atomic E-state index is -0.514. The molecule has 5 aromatic rings. The number of nitrogens with zero attached hydrogens (tertiary/aromatic N) is 3. The summed E-state index contributed by atoms with van der Waals surface area (Å²) in [5, 5.41) is 0.812. The van der Waals surface area contributed by atoms with Crippen LogP contribution in [0.1, 0.15) is 18.9 Å². The van der Waals surface area contributed by atoms with Crippen molar-refractivity contribution in [2.24, 2.45) is 0 Å². The Balaban J connectivity index is 1.70. The van der Waals surface area contributed by atoms with E-state index in [1.165, 1.54) is 4.57 Å². The molecule has 0 saturated heterocycles. The third kappa shape index (κ3) is 3.87. The summed E-state index contributed by atoms with van der Waals surface area (Å²) in [5.41, 5.74) is 1.20. The van der Waals surface area contributed by atoms with Crippen molar-refractivity contribution < 1.29 is 4.42 Å². The van der Waals surface area contributed by atoms with Crippen molar-refractivity contribution in [3.05, 3.63) is 97.1 Å². The summed E-state index contributed by atoms with van der Waals surface area (Å²) >= 11 is 12.5. The van der Waals surface area contributed by atoms with E-state index < -0.39 is 11.2 Å². The van der Waals surface area contributed by atoms with Gasteiger partial charge in [-0.25, -0.2) is 9.78 Å². The van der Waals surface area contributed by atoms with Gasteiger partial charge in [-0.2, -0.15) is 0 Å². The van der Waals surface area contributed by atoms with Gasteiger partial charge in [0.05, 0.1) is 16.6 Å². The van der Waals surface area contributed by atoms with E-state index in [-0.39, 0.29) is 6.54 Å². The van der Waals surface area contributed by atoms with Crippen molar-refractivity contribution >= 4 is 34.4 Å². The fraction of sp³-hybridized carbons (Fsp3) is 0.160. The maximum absolute atomic E-state index is 12.9. The van der Waals surface area contributed by atoms with Crippen LogP contribution in [0.4, 0.5) is 0 Å². The molecule has 7 nitrogen and oxygen atoms in total. The van der Waals surface area contributed by atoms with Crippen molar-refractivity contribution in [3.63, 3.8) is 0 Å². The van der Waals surface area contributed by atoms with Gasteiger partial charge in [-0.05, 0) is 36.2 Å². The molecule has 3 aromatic heterocycles. The van der Waals surface area contributed by atoms with Crippen molar-refractivity contribution in [2.45, 2.75) is 26.4 Å². The number of imidazole rings is 1. The Morgan fingerprint density at radius 3 is 2.47 bits per heavy atom. The van der Waals surface area contributed by atoms with E-state index in [4.69, 9.17) is 32.6 Å². The fourth-order valence-electron chi connectivity index (χ4n) is 4.01. The predicted molar refractivity (Wildman–Crippen MR) is 134 cm³/mol. The van der Waals surface area contributed by atoms with Crippen LogP contribution in [0.25, 0.3) is 34.1 Å². The Bertz CT molecular complexity index is 1610. The van der Waals surface area contributed by atoms with E-state index in [2.05, 4.69) is 4.98 Å². The molecule has 2 aromatic carbocycles. The Labute approximate surface area is 204 Å². The SMILES string of the molecule is CCCn1c(-c2ccc(-c3cccc(Cl)c3Cl)o2)nc2c1c(=O)[nH]c(=O)n2Cc1ccccc1. The lowest BCUT2D eigenvalue weighted by Gasteiger charge is -2.07. The molecule has 3 heterocycles. The number of hydrogen-bond acceptors (Lipinski definition) is 4. The summed E-state index contributed by atoms with van der Waals surface area (Å²) in [7, 11) is 0. The lowest BCUT2D eigenvalue weighted by molar-refractivity contribution is 0.581. The highest BCUT2D eigenvalue weighted by Gasteiger charge is 2.22. The summed E-state index contributed by atoms with van der Waals surface area (Å²) in [6, 6.07) is 18.4.